The third-order valence-electron chi connectivity index (χ3n) is 4.23. The van der Waals surface area contributed by atoms with Crippen molar-refractivity contribution in [1.29, 1.82) is 0 Å². The molecule has 0 radical (unpaired) electrons. The van der Waals surface area contributed by atoms with E-state index in [2.05, 4.69) is 28.8 Å². The highest BCUT2D eigenvalue weighted by molar-refractivity contribution is 7.89. The minimum Gasteiger partial charge on any atom is -0.438 e. The van der Waals surface area contributed by atoms with Gasteiger partial charge in [0.05, 0.1) is 0 Å². The molecule has 7 nitrogen and oxygen atoms in total. The Morgan fingerprint density at radius 3 is 2.52 bits per heavy atom. The summed E-state index contributed by atoms with van der Waals surface area (Å²) in [5, 5.41) is 2.57. The number of piperidine rings is 1. The molecule has 8 heteroatoms. The molecule has 2 N–H and O–H groups in total. The molecule has 0 atom stereocenters. The predicted octanol–water partition coefficient (Wildman–Crippen LogP) is 1.18. The van der Waals surface area contributed by atoms with Gasteiger partial charge < -0.3 is 9.73 Å². The zero-order valence-electron chi connectivity index (χ0n) is 13.9. The molecule has 1 amide bonds. The first kappa shape index (κ1) is 18.0. The van der Waals surface area contributed by atoms with Crippen LogP contribution < -0.4 is 10.0 Å². The van der Waals surface area contributed by atoms with E-state index < -0.39 is 15.9 Å². The number of sulfonamides is 1. The largest absolute Gasteiger partial charge is 0.438 e. The summed E-state index contributed by atoms with van der Waals surface area (Å²) >= 11 is 0. The summed E-state index contributed by atoms with van der Waals surface area (Å²) in [6.45, 7) is 6.73. The van der Waals surface area contributed by atoms with E-state index >= 15 is 0 Å². The number of furan rings is 1. The monoisotopic (exact) mass is 343 g/mol. The van der Waals surface area contributed by atoms with Crippen LogP contribution in [0.25, 0.3) is 0 Å². The van der Waals surface area contributed by atoms with Gasteiger partial charge in [-0.25, -0.2) is 13.1 Å². The van der Waals surface area contributed by atoms with Crippen molar-refractivity contribution in [2.24, 2.45) is 0 Å². The number of carbonyl (C=O) groups excluding carboxylic acids is 1. The zero-order chi connectivity index (χ0) is 17.1. The van der Waals surface area contributed by atoms with Gasteiger partial charge in [-0.3, -0.25) is 9.69 Å². The minimum atomic E-state index is -3.68. The Balaban J connectivity index is 1.97. The number of carbonyl (C=O) groups is 1. The van der Waals surface area contributed by atoms with Crippen molar-refractivity contribution in [2.45, 2.75) is 43.7 Å². The van der Waals surface area contributed by atoms with E-state index in [1.54, 1.807) is 0 Å². The molecule has 1 aliphatic rings. The van der Waals surface area contributed by atoms with Crippen molar-refractivity contribution >= 4 is 15.9 Å². The average molecular weight is 343 g/mol. The number of amides is 1. The molecule has 1 fully saturated rings. The zero-order valence-corrected chi connectivity index (χ0v) is 14.7. The first-order valence-electron chi connectivity index (χ1n) is 7.83. The molecule has 2 heterocycles. The molecule has 0 spiro atoms. The van der Waals surface area contributed by atoms with Crippen LogP contribution in [0.5, 0.6) is 0 Å². The Hall–Kier alpha value is -1.38. The number of nitrogens with zero attached hydrogens (tertiary/aromatic N) is 1. The van der Waals surface area contributed by atoms with E-state index in [4.69, 9.17) is 4.42 Å². The summed E-state index contributed by atoms with van der Waals surface area (Å²) in [5.74, 6) is -0.416. The molecule has 2 rings (SSSR count). The number of nitrogens with one attached hydrogen (secondary N) is 2. The Morgan fingerprint density at radius 2 is 1.91 bits per heavy atom. The molecular formula is C15H25N3O4S. The lowest BCUT2D eigenvalue weighted by Gasteiger charge is -2.41. The standard InChI is InChI=1S/C15H25N3O4S/c1-15(2,18-9-5-4-6-10-18)11-17-14(19)12-7-8-13(22-12)23(20,21)16-3/h7-8,16H,4-6,9-11H2,1-3H3,(H,17,19). The van der Waals surface area contributed by atoms with Gasteiger partial charge in [0.2, 0.25) is 5.09 Å². The van der Waals surface area contributed by atoms with Gasteiger partial charge in [0.1, 0.15) is 0 Å². The second kappa shape index (κ2) is 7.02. The fourth-order valence-corrected chi connectivity index (χ4v) is 3.33. The van der Waals surface area contributed by atoms with Crippen LogP contribution in [0.2, 0.25) is 0 Å². The number of hydrogen-bond acceptors (Lipinski definition) is 5. The first-order chi connectivity index (χ1) is 10.8. The summed E-state index contributed by atoms with van der Waals surface area (Å²) in [6, 6.07) is 2.64. The maximum Gasteiger partial charge on any atom is 0.287 e. The summed E-state index contributed by atoms with van der Waals surface area (Å²) in [6.07, 6.45) is 3.62. The molecule has 0 aromatic carbocycles. The van der Waals surface area contributed by atoms with E-state index in [0.29, 0.717) is 6.54 Å². The summed E-state index contributed by atoms with van der Waals surface area (Å²) in [4.78, 5) is 14.5. The number of likely N-dealkylation sites (tertiary alicyclic amines) is 1. The number of hydrogen-bond donors (Lipinski definition) is 2. The molecule has 0 unspecified atom stereocenters. The van der Waals surface area contributed by atoms with Gasteiger partial charge in [0.15, 0.2) is 5.76 Å². The topological polar surface area (TPSA) is 91.6 Å². The molecule has 23 heavy (non-hydrogen) atoms. The molecule has 1 aliphatic heterocycles. The van der Waals surface area contributed by atoms with Crippen LogP contribution in [0.3, 0.4) is 0 Å². The van der Waals surface area contributed by atoms with Crippen LogP contribution in [0.1, 0.15) is 43.7 Å². The van der Waals surface area contributed by atoms with Crippen molar-refractivity contribution in [3.05, 3.63) is 17.9 Å². The van der Waals surface area contributed by atoms with Crippen molar-refractivity contribution in [2.75, 3.05) is 26.7 Å². The second-order valence-electron chi connectivity index (χ2n) is 6.37. The minimum absolute atomic E-state index is 0.00623. The lowest BCUT2D eigenvalue weighted by molar-refractivity contribution is 0.0776. The molecule has 0 aliphatic carbocycles. The van der Waals surface area contributed by atoms with Gasteiger partial charge in [0.25, 0.3) is 15.9 Å². The molecule has 1 aromatic rings. The van der Waals surface area contributed by atoms with Crippen LogP contribution >= 0.6 is 0 Å². The lowest BCUT2D eigenvalue weighted by atomic mass is 9.98. The molecule has 0 bridgehead atoms. The van der Waals surface area contributed by atoms with Gasteiger partial charge in [-0.05, 0) is 59.0 Å². The Kier molecular flexibility index (Phi) is 5.49. The van der Waals surface area contributed by atoms with Crippen LogP contribution in [0.15, 0.2) is 21.6 Å². The lowest BCUT2D eigenvalue weighted by Crippen LogP contribution is -2.53. The summed E-state index contributed by atoms with van der Waals surface area (Å²) < 4.78 is 30.5. The highest BCUT2D eigenvalue weighted by Crippen LogP contribution is 2.20. The van der Waals surface area contributed by atoms with Crippen LogP contribution in [-0.4, -0.2) is 51.4 Å². The molecule has 0 saturated carbocycles. The average Bonchev–Trinajstić information content (AvgIpc) is 3.04. The van der Waals surface area contributed by atoms with Crippen molar-refractivity contribution in [3.63, 3.8) is 0 Å². The van der Waals surface area contributed by atoms with E-state index in [-0.39, 0.29) is 16.4 Å². The molecule has 130 valence electrons. The van der Waals surface area contributed by atoms with Gasteiger partial charge >= 0.3 is 0 Å². The maximum atomic E-state index is 12.2. The highest BCUT2D eigenvalue weighted by atomic mass is 32.2. The van der Waals surface area contributed by atoms with Gasteiger partial charge in [0, 0.05) is 12.1 Å². The van der Waals surface area contributed by atoms with E-state index in [9.17, 15) is 13.2 Å². The molecular weight excluding hydrogens is 318 g/mol. The maximum absolute atomic E-state index is 12.2. The fourth-order valence-electron chi connectivity index (χ4n) is 2.68. The third-order valence-corrected chi connectivity index (χ3v) is 5.52. The first-order valence-corrected chi connectivity index (χ1v) is 9.31. The molecule has 1 aromatic heterocycles. The second-order valence-corrected chi connectivity index (χ2v) is 8.19. The van der Waals surface area contributed by atoms with Crippen LogP contribution in [-0.2, 0) is 10.0 Å². The fraction of sp³-hybridized carbons (Fsp3) is 0.667. The summed E-state index contributed by atoms with van der Waals surface area (Å²) in [5.41, 5.74) is -0.150. The SMILES string of the molecule is CNS(=O)(=O)c1ccc(C(=O)NCC(C)(C)N2CCCCC2)o1. The van der Waals surface area contributed by atoms with Crippen molar-refractivity contribution in [1.82, 2.24) is 14.9 Å². The van der Waals surface area contributed by atoms with Crippen molar-refractivity contribution < 1.29 is 17.6 Å². The van der Waals surface area contributed by atoms with E-state index in [1.807, 2.05) is 0 Å². The molecule has 1 saturated heterocycles. The smallest absolute Gasteiger partial charge is 0.287 e. The Bertz CT molecular complexity index is 645. The van der Waals surface area contributed by atoms with Gasteiger partial charge in [-0.2, -0.15) is 0 Å². The number of rotatable bonds is 6. The summed E-state index contributed by atoms with van der Waals surface area (Å²) in [7, 11) is -2.39. The highest BCUT2D eigenvalue weighted by Gasteiger charge is 2.29. The van der Waals surface area contributed by atoms with Crippen LogP contribution in [0.4, 0.5) is 0 Å². The van der Waals surface area contributed by atoms with E-state index in [1.165, 1.54) is 38.4 Å². The Labute approximate surface area is 137 Å². The quantitative estimate of drug-likeness (QED) is 0.809. The van der Waals surface area contributed by atoms with Crippen molar-refractivity contribution in [3.8, 4) is 0 Å². The van der Waals surface area contributed by atoms with Gasteiger partial charge in [-0.1, -0.05) is 6.42 Å². The van der Waals surface area contributed by atoms with E-state index in [0.717, 1.165) is 13.1 Å². The Morgan fingerprint density at radius 1 is 1.26 bits per heavy atom. The third kappa shape index (κ3) is 4.33. The predicted molar refractivity (Wildman–Crippen MR) is 86.8 cm³/mol. The normalized spacial score (nSPS) is 17.2. The van der Waals surface area contributed by atoms with Crippen LogP contribution in [0, 0.1) is 0 Å². The van der Waals surface area contributed by atoms with Gasteiger partial charge in [-0.15, -0.1) is 0 Å².